The van der Waals surface area contributed by atoms with Crippen LogP contribution in [0.5, 0.6) is 0 Å². The zero-order chi connectivity index (χ0) is 24.6. The molecule has 3 aromatic rings. The summed E-state index contributed by atoms with van der Waals surface area (Å²) in [4.78, 5) is 9.06. The molecule has 2 N–H and O–H groups in total. The molecule has 2 heterocycles. The highest BCUT2D eigenvalue weighted by Crippen LogP contribution is 2.38. The predicted octanol–water partition coefficient (Wildman–Crippen LogP) is 5.32. The fraction of sp³-hybridized carbons (Fsp3) is 0.269. The first-order chi connectivity index (χ1) is 16.9. The van der Waals surface area contributed by atoms with Gasteiger partial charge in [-0.05, 0) is 55.3 Å². The first kappa shape index (κ1) is 23.0. The molecule has 1 unspecified atom stereocenters. The minimum Gasteiger partial charge on any atom is -0.354 e. The Kier molecular flexibility index (Phi) is 5.99. The van der Waals surface area contributed by atoms with Gasteiger partial charge < -0.3 is 10.6 Å². The van der Waals surface area contributed by atoms with Crippen LogP contribution in [-0.2, 0) is 0 Å². The van der Waals surface area contributed by atoms with Gasteiger partial charge in [0.25, 0.3) is 5.92 Å². The standard InChI is InChI=1S/C26H21F4N5/c27-21-3-1-2-19(23(21)28)16-5-7-22-20(10-16)24(17-4-6-18(12-31)26(29,30)11-17)35-25(34-22)33-14-15-8-9-32-13-15/h1-7,10-11,15,18,32H,8-9,13-14H2,(H,33,34,35)/t15?,18-/m0/s1. The van der Waals surface area contributed by atoms with E-state index in [0.29, 0.717) is 28.9 Å². The summed E-state index contributed by atoms with van der Waals surface area (Å²) in [5.41, 5.74) is 1.20. The van der Waals surface area contributed by atoms with Crippen molar-refractivity contribution in [3.63, 3.8) is 0 Å². The average Bonchev–Trinajstić information content (AvgIpc) is 3.37. The molecule has 5 nitrogen and oxygen atoms in total. The van der Waals surface area contributed by atoms with E-state index in [9.17, 15) is 17.6 Å². The van der Waals surface area contributed by atoms with E-state index in [1.807, 2.05) is 0 Å². The molecule has 9 heteroatoms. The topological polar surface area (TPSA) is 73.6 Å². The highest BCUT2D eigenvalue weighted by Gasteiger charge is 2.39. The lowest BCUT2D eigenvalue weighted by molar-refractivity contribution is 0.0303. The molecular formula is C26H21F4N5. The van der Waals surface area contributed by atoms with Crippen LogP contribution in [0.25, 0.3) is 27.6 Å². The van der Waals surface area contributed by atoms with Crippen LogP contribution in [0.15, 0.2) is 54.6 Å². The van der Waals surface area contributed by atoms with Crippen molar-refractivity contribution in [2.75, 3.05) is 25.0 Å². The molecule has 178 valence electrons. The summed E-state index contributed by atoms with van der Waals surface area (Å²) in [7, 11) is 0. The van der Waals surface area contributed by atoms with Gasteiger partial charge in [-0.1, -0.05) is 30.4 Å². The Morgan fingerprint density at radius 3 is 2.77 bits per heavy atom. The van der Waals surface area contributed by atoms with Crippen LogP contribution in [0, 0.1) is 34.8 Å². The Labute approximate surface area is 199 Å². The minimum absolute atomic E-state index is 0.0387. The number of aromatic nitrogens is 2. The number of halogens is 4. The van der Waals surface area contributed by atoms with Gasteiger partial charge >= 0.3 is 0 Å². The number of benzene rings is 2. The second-order valence-corrected chi connectivity index (χ2v) is 8.71. The molecule has 5 rings (SSSR count). The van der Waals surface area contributed by atoms with Crippen LogP contribution < -0.4 is 10.6 Å². The van der Waals surface area contributed by atoms with Crippen molar-refractivity contribution in [3.8, 4) is 17.2 Å². The molecule has 0 saturated carbocycles. The maximum absolute atomic E-state index is 14.6. The third-order valence-electron chi connectivity index (χ3n) is 6.31. The maximum atomic E-state index is 14.6. The molecule has 0 spiro atoms. The van der Waals surface area contributed by atoms with Crippen molar-refractivity contribution in [2.24, 2.45) is 11.8 Å². The molecule has 0 amide bonds. The number of fused-ring (bicyclic) bond motifs is 1. The first-order valence-electron chi connectivity index (χ1n) is 11.3. The highest BCUT2D eigenvalue weighted by molar-refractivity contribution is 5.96. The number of nitriles is 1. The van der Waals surface area contributed by atoms with E-state index < -0.39 is 23.5 Å². The minimum atomic E-state index is -3.38. The van der Waals surface area contributed by atoms with Gasteiger partial charge in [-0.25, -0.2) is 27.5 Å². The van der Waals surface area contributed by atoms with Gasteiger partial charge in [0.1, 0.15) is 5.92 Å². The third kappa shape index (κ3) is 4.49. The van der Waals surface area contributed by atoms with Crippen molar-refractivity contribution in [3.05, 3.63) is 72.0 Å². The Morgan fingerprint density at radius 2 is 2.03 bits per heavy atom. The first-order valence-corrected chi connectivity index (χ1v) is 11.3. The van der Waals surface area contributed by atoms with E-state index in [1.54, 1.807) is 24.3 Å². The Hall–Kier alpha value is -3.77. The molecule has 1 aromatic heterocycles. The lowest BCUT2D eigenvalue weighted by Crippen LogP contribution is -2.25. The van der Waals surface area contributed by atoms with Crippen molar-refractivity contribution < 1.29 is 17.6 Å². The van der Waals surface area contributed by atoms with Gasteiger partial charge in [-0.15, -0.1) is 0 Å². The summed E-state index contributed by atoms with van der Waals surface area (Å²) in [5, 5.41) is 16.0. The zero-order valence-electron chi connectivity index (χ0n) is 18.5. The smallest absolute Gasteiger partial charge is 0.286 e. The Bertz CT molecular complexity index is 1390. The summed E-state index contributed by atoms with van der Waals surface area (Å²) in [6.45, 7) is 2.42. The van der Waals surface area contributed by atoms with Crippen LogP contribution >= 0.6 is 0 Å². The van der Waals surface area contributed by atoms with Crippen LogP contribution in [0.2, 0.25) is 0 Å². The largest absolute Gasteiger partial charge is 0.354 e. The Morgan fingerprint density at radius 1 is 1.17 bits per heavy atom. The van der Waals surface area contributed by atoms with E-state index >= 15 is 0 Å². The van der Waals surface area contributed by atoms with E-state index in [4.69, 9.17) is 5.26 Å². The van der Waals surface area contributed by atoms with E-state index in [2.05, 4.69) is 20.6 Å². The molecular weight excluding hydrogens is 458 g/mol. The van der Waals surface area contributed by atoms with Gasteiger partial charge in [0.05, 0.1) is 17.3 Å². The third-order valence-corrected chi connectivity index (χ3v) is 6.31. The van der Waals surface area contributed by atoms with E-state index in [1.165, 1.54) is 18.2 Å². The van der Waals surface area contributed by atoms with Gasteiger partial charge in [-0.2, -0.15) is 5.26 Å². The van der Waals surface area contributed by atoms with Crippen LogP contribution in [0.3, 0.4) is 0 Å². The zero-order valence-corrected chi connectivity index (χ0v) is 18.5. The predicted molar refractivity (Wildman–Crippen MR) is 126 cm³/mol. The summed E-state index contributed by atoms with van der Waals surface area (Å²) in [6.07, 6.45) is 4.32. The quantitative estimate of drug-likeness (QED) is 0.485. The molecule has 2 aliphatic rings. The molecule has 2 aromatic carbocycles. The monoisotopic (exact) mass is 479 g/mol. The maximum Gasteiger partial charge on any atom is 0.286 e. The summed E-state index contributed by atoms with van der Waals surface area (Å²) in [6, 6.07) is 10.3. The number of nitrogens with zero attached hydrogens (tertiary/aromatic N) is 3. The molecule has 1 aliphatic heterocycles. The molecule has 2 atom stereocenters. The van der Waals surface area contributed by atoms with Gasteiger partial charge in [0, 0.05) is 23.1 Å². The molecule has 1 saturated heterocycles. The molecule has 35 heavy (non-hydrogen) atoms. The summed E-state index contributed by atoms with van der Waals surface area (Å²) in [5.74, 6) is -6.28. The van der Waals surface area contributed by atoms with Crippen molar-refractivity contribution in [1.29, 1.82) is 5.26 Å². The molecule has 0 bridgehead atoms. The fourth-order valence-corrected chi connectivity index (χ4v) is 4.40. The van der Waals surface area contributed by atoms with Crippen LogP contribution in [0.1, 0.15) is 12.1 Å². The van der Waals surface area contributed by atoms with Crippen LogP contribution in [0.4, 0.5) is 23.5 Å². The second-order valence-electron chi connectivity index (χ2n) is 8.71. The number of nitrogens with one attached hydrogen (secondary N) is 2. The fourth-order valence-electron chi connectivity index (χ4n) is 4.40. The number of rotatable bonds is 5. The number of anilines is 1. The lowest BCUT2D eigenvalue weighted by atomic mass is 9.91. The SMILES string of the molecule is N#C[C@@H]1C=CC(c2nc(NCC3CCNC3)nc3ccc(-c4cccc(F)c4F)cc23)=CC1(F)F. The number of allylic oxidation sites excluding steroid dienone is 4. The number of hydrogen-bond acceptors (Lipinski definition) is 5. The van der Waals surface area contributed by atoms with Crippen molar-refractivity contribution in [2.45, 2.75) is 12.3 Å². The second kappa shape index (κ2) is 9.12. The van der Waals surface area contributed by atoms with E-state index in [0.717, 1.165) is 37.7 Å². The normalized spacial score (nSPS) is 21.1. The summed E-state index contributed by atoms with van der Waals surface area (Å²) >= 11 is 0. The van der Waals surface area contributed by atoms with Crippen LogP contribution in [-0.4, -0.2) is 35.5 Å². The number of hydrogen-bond donors (Lipinski definition) is 2. The number of alkyl halides is 2. The van der Waals surface area contributed by atoms with Gasteiger partial charge in [0.2, 0.25) is 5.95 Å². The highest BCUT2D eigenvalue weighted by atomic mass is 19.3. The molecule has 0 radical (unpaired) electrons. The van der Waals surface area contributed by atoms with E-state index in [-0.39, 0.29) is 22.8 Å². The van der Waals surface area contributed by atoms with Crippen molar-refractivity contribution in [1.82, 2.24) is 15.3 Å². The Balaban J connectivity index is 1.63. The summed E-state index contributed by atoms with van der Waals surface area (Å²) < 4.78 is 57.5. The average molecular weight is 479 g/mol. The lowest BCUT2D eigenvalue weighted by Gasteiger charge is -2.21. The van der Waals surface area contributed by atoms with Crippen molar-refractivity contribution >= 4 is 22.4 Å². The molecule has 1 fully saturated rings. The molecule has 1 aliphatic carbocycles. The van der Waals surface area contributed by atoms with Gasteiger partial charge in [-0.3, -0.25) is 0 Å². The van der Waals surface area contributed by atoms with Gasteiger partial charge in [0.15, 0.2) is 11.6 Å².